The Morgan fingerprint density at radius 3 is 2.94 bits per heavy atom. The van der Waals surface area contributed by atoms with Crippen LogP contribution in [0, 0.1) is 11.3 Å². The van der Waals surface area contributed by atoms with Gasteiger partial charge in [-0.15, -0.1) is 0 Å². The normalized spacial score (nSPS) is 9.78. The van der Waals surface area contributed by atoms with Crippen LogP contribution in [-0.4, -0.2) is 42.6 Å². The number of pyridine rings is 1. The van der Waals surface area contributed by atoms with Gasteiger partial charge in [0.05, 0.1) is 19.1 Å². The van der Waals surface area contributed by atoms with Crippen LogP contribution in [0.2, 0.25) is 0 Å². The van der Waals surface area contributed by atoms with Crippen molar-refractivity contribution in [3.63, 3.8) is 0 Å². The standard InChI is InChI=1S/C12H16N4O2/c1-18-9-8-16(7-3-6-13)12(17)10-4-2-5-11(14)15-10/h2,4-5H,3,7-9H2,1H3,(H2,14,15). The molecule has 0 saturated carbocycles. The first kappa shape index (κ1) is 13.9. The quantitative estimate of drug-likeness (QED) is 0.798. The molecule has 1 rings (SSSR count). The molecule has 1 amide bonds. The van der Waals surface area contributed by atoms with Crippen molar-refractivity contribution in [1.82, 2.24) is 9.88 Å². The molecule has 2 N–H and O–H groups in total. The summed E-state index contributed by atoms with van der Waals surface area (Å²) in [5.74, 6) is 0.0578. The molecule has 0 aliphatic carbocycles. The van der Waals surface area contributed by atoms with E-state index in [1.165, 1.54) is 4.90 Å². The number of nitriles is 1. The lowest BCUT2D eigenvalue weighted by Crippen LogP contribution is -2.35. The van der Waals surface area contributed by atoms with Gasteiger partial charge in [0.15, 0.2) is 0 Å². The van der Waals surface area contributed by atoms with Crippen LogP contribution in [0.4, 0.5) is 5.82 Å². The molecular weight excluding hydrogens is 232 g/mol. The summed E-state index contributed by atoms with van der Waals surface area (Å²) in [7, 11) is 1.56. The van der Waals surface area contributed by atoms with Crippen LogP contribution < -0.4 is 5.73 Å². The van der Waals surface area contributed by atoms with Crippen LogP contribution in [0.1, 0.15) is 16.9 Å². The molecule has 0 fully saturated rings. The van der Waals surface area contributed by atoms with Gasteiger partial charge in [-0.1, -0.05) is 6.07 Å². The highest BCUT2D eigenvalue weighted by atomic mass is 16.5. The van der Waals surface area contributed by atoms with Gasteiger partial charge in [0.25, 0.3) is 5.91 Å². The summed E-state index contributed by atoms with van der Waals surface area (Å²) in [6, 6.07) is 6.91. The molecule has 0 radical (unpaired) electrons. The molecule has 6 nitrogen and oxygen atoms in total. The van der Waals surface area contributed by atoms with Crippen molar-refractivity contribution in [2.45, 2.75) is 6.42 Å². The third-order valence-electron chi connectivity index (χ3n) is 2.34. The zero-order chi connectivity index (χ0) is 13.4. The minimum absolute atomic E-state index is 0.241. The number of aromatic nitrogens is 1. The number of nitrogens with zero attached hydrogens (tertiary/aromatic N) is 3. The number of hydrogen-bond acceptors (Lipinski definition) is 5. The monoisotopic (exact) mass is 248 g/mol. The van der Waals surface area contributed by atoms with Crippen molar-refractivity contribution >= 4 is 11.7 Å². The smallest absolute Gasteiger partial charge is 0.272 e. The molecule has 1 heterocycles. The van der Waals surface area contributed by atoms with Gasteiger partial charge in [0, 0.05) is 20.2 Å². The Labute approximate surface area is 106 Å². The summed E-state index contributed by atoms with van der Waals surface area (Å²) in [6.07, 6.45) is 0.276. The van der Waals surface area contributed by atoms with Crippen LogP contribution in [0.5, 0.6) is 0 Å². The summed E-state index contributed by atoms with van der Waals surface area (Å²) in [6.45, 7) is 1.20. The first-order valence-electron chi connectivity index (χ1n) is 5.56. The highest BCUT2D eigenvalue weighted by molar-refractivity contribution is 5.92. The third-order valence-corrected chi connectivity index (χ3v) is 2.34. The van der Waals surface area contributed by atoms with Crippen LogP contribution >= 0.6 is 0 Å². The summed E-state index contributed by atoms with van der Waals surface area (Å²) >= 11 is 0. The van der Waals surface area contributed by atoms with Gasteiger partial charge < -0.3 is 15.4 Å². The molecule has 0 bridgehead atoms. The molecule has 6 heteroatoms. The lowest BCUT2D eigenvalue weighted by molar-refractivity contribution is 0.0694. The Morgan fingerprint density at radius 1 is 1.56 bits per heavy atom. The second-order valence-electron chi connectivity index (χ2n) is 3.64. The van der Waals surface area contributed by atoms with Crippen molar-refractivity contribution in [1.29, 1.82) is 5.26 Å². The average Bonchev–Trinajstić information content (AvgIpc) is 2.38. The Morgan fingerprint density at radius 2 is 2.33 bits per heavy atom. The minimum Gasteiger partial charge on any atom is -0.384 e. The number of ether oxygens (including phenoxy) is 1. The summed E-state index contributed by atoms with van der Waals surface area (Å²) in [4.78, 5) is 17.7. The number of carbonyl (C=O) groups excluding carboxylic acids is 1. The number of rotatable bonds is 6. The van der Waals surface area contributed by atoms with E-state index in [0.29, 0.717) is 25.5 Å². The van der Waals surface area contributed by atoms with Gasteiger partial charge in [-0.3, -0.25) is 4.79 Å². The molecule has 0 unspecified atom stereocenters. The third kappa shape index (κ3) is 4.03. The number of anilines is 1. The Bertz CT molecular complexity index is 442. The summed E-state index contributed by atoms with van der Waals surface area (Å²) in [5.41, 5.74) is 5.82. The van der Waals surface area contributed by atoms with Crippen LogP contribution in [0.15, 0.2) is 18.2 Å². The van der Waals surface area contributed by atoms with Crippen LogP contribution in [0.3, 0.4) is 0 Å². The molecule has 0 spiro atoms. The first-order valence-corrected chi connectivity index (χ1v) is 5.56. The molecule has 0 aliphatic heterocycles. The Balaban J connectivity index is 2.77. The van der Waals surface area contributed by atoms with E-state index in [0.717, 1.165) is 0 Å². The summed E-state index contributed by atoms with van der Waals surface area (Å²) in [5, 5.41) is 8.58. The fourth-order valence-electron chi connectivity index (χ4n) is 1.43. The van der Waals surface area contributed by atoms with Gasteiger partial charge in [-0.25, -0.2) is 4.98 Å². The lowest BCUT2D eigenvalue weighted by atomic mass is 10.3. The topological polar surface area (TPSA) is 92.2 Å². The minimum atomic E-state index is -0.241. The summed E-state index contributed by atoms with van der Waals surface area (Å²) < 4.78 is 4.94. The van der Waals surface area contributed by atoms with Crippen molar-refractivity contribution in [3.05, 3.63) is 23.9 Å². The predicted octanol–water partition coefficient (Wildman–Crippen LogP) is 0.666. The van der Waals surface area contributed by atoms with E-state index in [4.69, 9.17) is 15.7 Å². The Hall–Kier alpha value is -2.13. The van der Waals surface area contributed by atoms with E-state index >= 15 is 0 Å². The molecule has 18 heavy (non-hydrogen) atoms. The number of hydrogen-bond donors (Lipinski definition) is 1. The van der Waals surface area contributed by atoms with Gasteiger partial charge in [0.1, 0.15) is 11.5 Å². The average molecular weight is 248 g/mol. The molecule has 0 aromatic carbocycles. The van der Waals surface area contributed by atoms with Gasteiger partial charge in [-0.05, 0) is 12.1 Å². The number of methoxy groups -OCH3 is 1. The SMILES string of the molecule is COCCN(CCC#N)C(=O)c1cccc(N)n1. The molecule has 1 aromatic heterocycles. The number of nitrogens with two attached hydrogens (primary N) is 1. The molecular formula is C12H16N4O2. The van der Waals surface area contributed by atoms with E-state index in [1.54, 1.807) is 25.3 Å². The largest absolute Gasteiger partial charge is 0.384 e. The molecule has 96 valence electrons. The second kappa shape index (κ2) is 7.25. The van der Waals surface area contributed by atoms with Crippen LogP contribution in [0.25, 0.3) is 0 Å². The number of nitrogen functional groups attached to an aromatic ring is 1. The van der Waals surface area contributed by atoms with Gasteiger partial charge in [0.2, 0.25) is 0 Å². The van der Waals surface area contributed by atoms with Crippen molar-refractivity contribution in [3.8, 4) is 6.07 Å². The molecule has 0 atom stereocenters. The first-order chi connectivity index (χ1) is 8.69. The fourth-order valence-corrected chi connectivity index (χ4v) is 1.43. The van der Waals surface area contributed by atoms with E-state index in [-0.39, 0.29) is 18.0 Å². The zero-order valence-corrected chi connectivity index (χ0v) is 10.3. The number of amides is 1. The highest BCUT2D eigenvalue weighted by Gasteiger charge is 2.16. The second-order valence-corrected chi connectivity index (χ2v) is 3.64. The molecule has 0 saturated heterocycles. The zero-order valence-electron chi connectivity index (χ0n) is 10.3. The van der Waals surface area contributed by atoms with Crippen molar-refractivity contribution < 1.29 is 9.53 Å². The molecule has 0 aliphatic rings. The number of carbonyl (C=O) groups is 1. The van der Waals surface area contributed by atoms with E-state index in [2.05, 4.69) is 4.98 Å². The maximum absolute atomic E-state index is 12.2. The van der Waals surface area contributed by atoms with E-state index in [1.807, 2.05) is 6.07 Å². The fraction of sp³-hybridized carbons (Fsp3) is 0.417. The highest BCUT2D eigenvalue weighted by Crippen LogP contribution is 2.05. The lowest BCUT2D eigenvalue weighted by Gasteiger charge is -2.20. The van der Waals surface area contributed by atoms with Gasteiger partial charge >= 0.3 is 0 Å². The predicted molar refractivity (Wildman–Crippen MR) is 66.7 cm³/mol. The van der Waals surface area contributed by atoms with E-state index < -0.39 is 0 Å². The van der Waals surface area contributed by atoms with E-state index in [9.17, 15) is 4.79 Å². The maximum Gasteiger partial charge on any atom is 0.272 e. The van der Waals surface area contributed by atoms with Crippen molar-refractivity contribution in [2.24, 2.45) is 0 Å². The maximum atomic E-state index is 12.2. The Kier molecular flexibility index (Phi) is 5.61. The van der Waals surface area contributed by atoms with Crippen LogP contribution in [-0.2, 0) is 4.74 Å². The van der Waals surface area contributed by atoms with Crippen molar-refractivity contribution in [2.75, 3.05) is 32.5 Å². The molecule has 1 aromatic rings. The van der Waals surface area contributed by atoms with Gasteiger partial charge in [-0.2, -0.15) is 5.26 Å².